The molecule has 0 amide bonds. The number of halogens is 6. The topological polar surface area (TPSA) is 17.3 Å². The van der Waals surface area contributed by atoms with E-state index >= 15 is 0 Å². The number of pyridine rings is 1. The van der Waals surface area contributed by atoms with Crippen LogP contribution in [0.15, 0.2) is 16.7 Å². The number of nitrogens with zero attached hydrogens (tertiary/aromatic N) is 2. The first-order valence-electron chi connectivity index (χ1n) is 4.37. The molecule has 0 atom stereocenters. The molecule has 17 heavy (non-hydrogen) atoms. The summed E-state index contributed by atoms with van der Waals surface area (Å²) >= 11 is 4.67. The van der Waals surface area contributed by atoms with Crippen molar-refractivity contribution < 1.29 is 17.6 Å². The van der Waals surface area contributed by atoms with Crippen LogP contribution in [0.4, 0.5) is 17.6 Å². The maximum Gasteiger partial charge on any atom is 0.394 e. The van der Waals surface area contributed by atoms with Gasteiger partial charge in [0.2, 0.25) is 0 Å². The van der Waals surface area contributed by atoms with Gasteiger partial charge in [0.1, 0.15) is 9.52 Å². The van der Waals surface area contributed by atoms with Gasteiger partial charge in [-0.25, -0.2) is 9.37 Å². The van der Waals surface area contributed by atoms with Crippen LogP contribution in [-0.2, 0) is 6.42 Å². The Balaban J connectivity index is 2.65. The van der Waals surface area contributed by atoms with Crippen molar-refractivity contribution in [1.82, 2.24) is 9.38 Å². The molecule has 0 fully saturated rings. The Kier molecular flexibility index (Phi) is 3.36. The van der Waals surface area contributed by atoms with Crippen molar-refractivity contribution >= 4 is 44.2 Å². The largest absolute Gasteiger partial charge is 0.394 e. The molecule has 2 heterocycles. The molecule has 2 rings (SSSR count). The maximum atomic E-state index is 13.2. The minimum Gasteiger partial charge on any atom is -0.301 e. The lowest BCUT2D eigenvalue weighted by atomic mass is 10.3. The monoisotopic (exact) mass is 422 g/mol. The van der Waals surface area contributed by atoms with E-state index in [9.17, 15) is 17.6 Å². The van der Waals surface area contributed by atoms with Gasteiger partial charge in [-0.05, 0) is 44.6 Å². The fourth-order valence-corrected chi connectivity index (χ4v) is 2.51. The van der Waals surface area contributed by atoms with Crippen LogP contribution in [0.1, 0.15) is 5.69 Å². The van der Waals surface area contributed by atoms with Gasteiger partial charge in [-0.1, -0.05) is 0 Å². The summed E-state index contributed by atoms with van der Waals surface area (Å²) in [7, 11) is 0. The predicted molar refractivity (Wildman–Crippen MR) is 65.3 cm³/mol. The van der Waals surface area contributed by atoms with Gasteiger partial charge in [-0.3, -0.25) is 0 Å². The zero-order valence-corrected chi connectivity index (χ0v) is 11.8. The summed E-state index contributed by atoms with van der Waals surface area (Å²) in [4.78, 5) is 3.92. The molecule has 0 saturated carbocycles. The Hall–Kier alpha value is -0.380. The molecule has 2 aromatic heterocycles. The molecule has 0 spiro atoms. The number of imidazole rings is 1. The van der Waals surface area contributed by atoms with E-state index in [0.717, 1.165) is 6.07 Å². The number of rotatable bonds is 1. The molecule has 92 valence electrons. The Bertz CT molecular complexity index is 578. The van der Waals surface area contributed by atoms with E-state index < -0.39 is 18.4 Å². The highest BCUT2D eigenvalue weighted by molar-refractivity contribution is 14.1. The fraction of sp³-hybridized carbons (Fsp3) is 0.222. The van der Waals surface area contributed by atoms with Crippen molar-refractivity contribution in [3.63, 3.8) is 0 Å². The van der Waals surface area contributed by atoms with Crippen molar-refractivity contribution in [2.75, 3.05) is 0 Å². The van der Waals surface area contributed by atoms with Crippen molar-refractivity contribution in [2.45, 2.75) is 12.6 Å². The third-order valence-corrected chi connectivity index (χ3v) is 3.70. The molecule has 0 aliphatic carbocycles. The Morgan fingerprint density at radius 1 is 1.41 bits per heavy atom. The van der Waals surface area contributed by atoms with Crippen LogP contribution >= 0.6 is 38.5 Å². The normalized spacial score (nSPS) is 12.4. The van der Waals surface area contributed by atoms with Gasteiger partial charge in [-0.15, -0.1) is 0 Å². The van der Waals surface area contributed by atoms with Gasteiger partial charge in [0, 0.05) is 6.20 Å². The van der Waals surface area contributed by atoms with E-state index in [1.165, 1.54) is 10.6 Å². The second-order valence-electron chi connectivity index (χ2n) is 3.31. The van der Waals surface area contributed by atoms with Crippen molar-refractivity contribution in [1.29, 1.82) is 0 Å². The molecule has 0 aliphatic heterocycles. The summed E-state index contributed by atoms with van der Waals surface area (Å²) < 4.78 is 51.8. The molecule has 0 aliphatic rings. The first kappa shape index (κ1) is 13.1. The van der Waals surface area contributed by atoms with Crippen LogP contribution < -0.4 is 0 Å². The summed E-state index contributed by atoms with van der Waals surface area (Å²) in [5.74, 6) is -0.558. The molecule has 0 radical (unpaired) electrons. The van der Waals surface area contributed by atoms with Crippen LogP contribution in [0.2, 0.25) is 0 Å². The lowest BCUT2D eigenvalue weighted by Crippen LogP contribution is -2.14. The Morgan fingerprint density at radius 3 is 2.65 bits per heavy atom. The Morgan fingerprint density at radius 2 is 2.06 bits per heavy atom. The van der Waals surface area contributed by atoms with Crippen LogP contribution in [-0.4, -0.2) is 15.6 Å². The van der Waals surface area contributed by atoms with Crippen molar-refractivity contribution in [2.24, 2.45) is 0 Å². The second-order valence-corrected chi connectivity index (χ2v) is 5.13. The Labute approximate surface area is 115 Å². The SMILES string of the molecule is Fc1ccn2c(CC(F)(F)F)c(I)nc2c1Br. The van der Waals surface area contributed by atoms with E-state index in [0.29, 0.717) is 0 Å². The number of fused-ring (bicyclic) bond motifs is 1. The van der Waals surface area contributed by atoms with Crippen molar-refractivity contribution in [3.8, 4) is 0 Å². The highest BCUT2D eigenvalue weighted by atomic mass is 127. The fourth-order valence-electron chi connectivity index (χ4n) is 1.42. The molecule has 8 heteroatoms. The molecule has 0 bridgehead atoms. The van der Waals surface area contributed by atoms with Crippen LogP contribution in [0, 0.1) is 9.52 Å². The summed E-state index contributed by atoms with van der Waals surface area (Å²) in [5.41, 5.74) is 0.155. The van der Waals surface area contributed by atoms with E-state index in [1.807, 2.05) is 0 Å². The third kappa shape index (κ3) is 2.56. The number of hydrogen-bond donors (Lipinski definition) is 0. The van der Waals surface area contributed by atoms with Gasteiger partial charge in [-0.2, -0.15) is 13.2 Å². The van der Waals surface area contributed by atoms with E-state index in [-0.39, 0.29) is 19.5 Å². The summed E-state index contributed by atoms with van der Waals surface area (Å²) in [6.45, 7) is 0. The number of alkyl halides is 3. The third-order valence-electron chi connectivity index (χ3n) is 2.11. The zero-order valence-electron chi connectivity index (χ0n) is 8.02. The molecule has 0 aromatic carbocycles. The summed E-state index contributed by atoms with van der Waals surface area (Å²) in [5, 5.41) is 0. The van der Waals surface area contributed by atoms with Gasteiger partial charge >= 0.3 is 6.18 Å². The summed E-state index contributed by atoms with van der Waals surface area (Å²) in [6, 6.07) is 1.09. The average Bonchev–Trinajstić information content (AvgIpc) is 2.49. The molecule has 0 unspecified atom stereocenters. The van der Waals surface area contributed by atoms with E-state index in [2.05, 4.69) is 20.9 Å². The van der Waals surface area contributed by atoms with Gasteiger partial charge in [0.05, 0.1) is 16.6 Å². The number of hydrogen-bond acceptors (Lipinski definition) is 1. The van der Waals surface area contributed by atoms with Crippen molar-refractivity contribution in [3.05, 3.63) is 31.9 Å². The summed E-state index contributed by atoms with van der Waals surface area (Å²) in [6.07, 6.45) is -4.17. The molecule has 2 nitrogen and oxygen atoms in total. The molecular weight excluding hydrogens is 419 g/mol. The molecule has 0 N–H and O–H groups in total. The molecular formula is C9H4BrF4IN2. The van der Waals surface area contributed by atoms with E-state index in [4.69, 9.17) is 0 Å². The van der Waals surface area contributed by atoms with Crippen LogP contribution in [0.25, 0.3) is 5.65 Å². The van der Waals surface area contributed by atoms with E-state index in [1.54, 1.807) is 22.6 Å². The van der Waals surface area contributed by atoms with Gasteiger partial charge < -0.3 is 4.40 Å². The minimum atomic E-state index is -4.32. The number of aromatic nitrogens is 2. The minimum absolute atomic E-state index is 0.00815. The highest BCUT2D eigenvalue weighted by Crippen LogP contribution is 2.28. The molecule has 2 aromatic rings. The molecule has 0 saturated heterocycles. The van der Waals surface area contributed by atoms with Gasteiger partial charge in [0.15, 0.2) is 5.65 Å². The lowest BCUT2D eigenvalue weighted by Gasteiger charge is -2.07. The first-order valence-corrected chi connectivity index (χ1v) is 6.24. The smallest absolute Gasteiger partial charge is 0.301 e. The first-order chi connectivity index (χ1) is 7.79. The lowest BCUT2D eigenvalue weighted by molar-refractivity contribution is -0.128. The maximum absolute atomic E-state index is 13.2. The predicted octanol–water partition coefficient (Wildman–Crippen LogP) is 3.95. The average molecular weight is 423 g/mol. The quantitative estimate of drug-likeness (QED) is 0.502. The van der Waals surface area contributed by atoms with Crippen LogP contribution in [0.5, 0.6) is 0 Å². The van der Waals surface area contributed by atoms with Crippen LogP contribution in [0.3, 0.4) is 0 Å². The highest BCUT2D eigenvalue weighted by Gasteiger charge is 2.31. The second kappa shape index (κ2) is 4.38. The zero-order chi connectivity index (χ0) is 12.8. The van der Waals surface area contributed by atoms with Gasteiger partial charge in [0.25, 0.3) is 0 Å². The standard InChI is InChI=1S/C9H4BrF4IN2/c10-6-4(11)1-2-17-5(3-9(12,13)14)7(15)16-8(6)17/h1-2H,3H2.